The average Bonchev–Trinajstić information content (AvgIpc) is 2.38. The highest BCUT2D eigenvalue weighted by Gasteiger charge is 2.17. The summed E-state index contributed by atoms with van der Waals surface area (Å²) in [6.07, 6.45) is 0. The van der Waals surface area contributed by atoms with Gasteiger partial charge in [-0.1, -0.05) is 22.0 Å². The van der Waals surface area contributed by atoms with Crippen molar-refractivity contribution >= 4 is 38.5 Å². The lowest BCUT2D eigenvalue weighted by Crippen LogP contribution is -2.29. The lowest BCUT2D eigenvalue weighted by atomic mass is 9.99. The summed E-state index contributed by atoms with van der Waals surface area (Å²) in [5.74, 6) is 3.80. The van der Waals surface area contributed by atoms with Gasteiger partial charge < -0.3 is 0 Å². The molecule has 0 heterocycles. The average molecular weight is 439 g/mol. The van der Waals surface area contributed by atoms with Gasteiger partial charge in [0.1, 0.15) is 0 Å². The molecule has 0 saturated heterocycles. The molecule has 0 spiro atoms. The van der Waals surface area contributed by atoms with Gasteiger partial charge in [0.2, 0.25) is 0 Å². The molecule has 0 radical (unpaired) electrons. The molecule has 0 saturated carbocycles. The normalized spacial score (nSPS) is 12.5. The molecule has 19 heavy (non-hydrogen) atoms. The molecular formula is C13H10BrF2IN2. The van der Waals surface area contributed by atoms with E-state index in [0.29, 0.717) is 5.56 Å². The van der Waals surface area contributed by atoms with Gasteiger partial charge in [0.25, 0.3) is 0 Å². The zero-order valence-corrected chi connectivity index (χ0v) is 13.4. The highest BCUT2D eigenvalue weighted by molar-refractivity contribution is 14.1. The van der Waals surface area contributed by atoms with Crippen LogP contribution in [0.25, 0.3) is 0 Å². The van der Waals surface area contributed by atoms with E-state index < -0.39 is 17.7 Å². The molecule has 3 N–H and O–H groups in total. The van der Waals surface area contributed by atoms with E-state index in [1.165, 1.54) is 6.07 Å². The van der Waals surface area contributed by atoms with Gasteiger partial charge in [-0.3, -0.25) is 5.84 Å². The van der Waals surface area contributed by atoms with Crippen molar-refractivity contribution in [1.29, 1.82) is 0 Å². The first-order valence-electron chi connectivity index (χ1n) is 5.39. The Kier molecular flexibility index (Phi) is 4.88. The summed E-state index contributed by atoms with van der Waals surface area (Å²) in [7, 11) is 0. The zero-order chi connectivity index (χ0) is 14.0. The number of hydrazine groups is 1. The van der Waals surface area contributed by atoms with E-state index in [2.05, 4.69) is 43.9 Å². The second-order valence-electron chi connectivity index (χ2n) is 3.94. The van der Waals surface area contributed by atoms with Crippen LogP contribution in [0.15, 0.2) is 40.9 Å². The van der Waals surface area contributed by atoms with Crippen molar-refractivity contribution in [3.8, 4) is 0 Å². The molecule has 0 aliphatic rings. The third-order valence-corrected chi connectivity index (χ3v) is 4.19. The Balaban J connectivity index is 2.49. The van der Waals surface area contributed by atoms with E-state index in [-0.39, 0.29) is 0 Å². The van der Waals surface area contributed by atoms with E-state index in [9.17, 15) is 8.78 Å². The molecule has 2 rings (SSSR count). The number of nitrogens with two attached hydrogens (primary N) is 1. The minimum absolute atomic E-state index is 0.403. The number of halogens is 4. The fourth-order valence-corrected chi connectivity index (χ4v) is 2.82. The van der Waals surface area contributed by atoms with Crippen LogP contribution in [0.5, 0.6) is 0 Å². The first-order valence-corrected chi connectivity index (χ1v) is 7.26. The van der Waals surface area contributed by atoms with Gasteiger partial charge in [0.15, 0.2) is 11.6 Å². The monoisotopic (exact) mass is 438 g/mol. The number of benzene rings is 2. The van der Waals surface area contributed by atoms with Gasteiger partial charge in [-0.05, 0) is 64.0 Å². The maximum absolute atomic E-state index is 13.3. The summed E-state index contributed by atoms with van der Waals surface area (Å²) in [6.45, 7) is 0. The molecule has 0 aromatic heterocycles. The molecule has 1 unspecified atom stereocenters. The van der Waals surface area contributed by atoms with Crippen LogP contribution in [0, 0.1) is 15.2 Å². The van der Waals surface area contributed by atoms with Gasteiger partial charge in [-0.25, -0.2) is 14.2 Å². The standard InChI is InChI=1S/C13H10BrF2IN2/c14-8-2-4-12(17)9(6-8)13(19-18)7-1-3-10(15)11(16)5-7/h1-6,13,19H,18H2. The van der Waals surface area contributed by atoms with Crippen LogP contribution in [-0.4, -0.2) is 0 Å². The van der Waals surface area contributed by atoms with E-state index >= 15 is 0 Å². The van der Waals surface area contributed by atoms with E-state index in [4.69, 9.17) is 5.84 Å². The van der Waals surface area contributed by atoms with Crippen LogP contribution < -0.4 is 11.3 Å². The quantitative estimate of drug-likeness (QED) is 0.433. The summed E-state index contributed by atoms with van der Waals surface area (Å²) in [5.41, 5.74) is 4.09. The lowest BCUT2D eigenvalue weighted by Gasteiger charge is -2.19. The van der Waals surface area contributed by atoms with Crippen molar-refractivity contribution in [1.82, 2.24) is 5.43 Å². The highest BCUT2D eigenvalue weighted by atomic mass is 127. The molecule has 6 heteroatoms. The molecule has 0 fully saturated rings. The van der Waals surface area contributed by atoms with Crippen LogP contribution in [0.1, 0.15) is 17.2 Å². The summed E-state index contributed by atoms with van der Waals surface area (Å²) < 4.78 is 28.2. The maximum atomic E-state index is 13.3. The van der Waals surface area contributed by atoms with Crippen LogP contribution in [-0.2, 0) is 0 Å². The van der Waals surface area contributed by atoms with E-state index in [0.717, 1.165) is 25.7 Å². The number of nitrogens with one attached hydrogen (secondary N) is 1. The van der Waals surface area contributed by atoms with Crippen molar-refractivity contribution in [2.24, 2.45) is 5.84 Å². The molecule has 0 bridgehead atoms. The summed E-state index contributed by atoms with van der Waals surface area (Å²) in [4.78, 5) is 0. The van der Waals surface area contributed by atoms with E-state index in [1.807, 2.05) is 18.2 Å². The minimum Gasteiger partial charge on any atom is -0.271 e. The Morgan fingerprint density at radius 3 is 2.47 bits per heavy atom. The Bertz CT molecular complexity index is 607. The highest BCUT2D eigenvalue weighted by Crippen LogP contribution is 2.29. The van der Waals surface area contributed by atoms with Crippen LogP contribution >= 0.6 is 38.5 Å². The number of hydrogen-bond donors (Lipinski definition) is 2. The summed E-state index contributed by atoms with van der Waals surface area (Å²) >= 11 is 5.56. The van der Waals surface area contributed by atoms with Crippen molar-refractivity contribution < 1.29 is 8.78 Å². The van der Waals surface area contributed by atoms with Gasteiger partial charge >= 0.3 is 0 Å². The molecule has 0 aliphatic carbocycles. The third kappa shape index (κ3) is 3.31. The SMILES string of the molecule is NNC(c1ccc(F)c(F)c1)c1cc(Br)ccc1I. The Morgan fingerprint density at radius 1 is 1.11 bits per heavy atom. The minimum atomic E-state index is -0.886. The number of hydrogen-bond acceptors (Lipinski definition) is 2. The van der Waals surface area contributed by atoms with Gasteiger partial charge in [-0.15, -0.1) is 0 Å². The molecule has 0 aliphatic heterocycles. The fourth-order valence-electron chi connectivity index (χ4n) is 1.79. The van der Waals surface area contributed by atoms with Gasteiger partial charge in [0.05, 0.1) is 6.04 Å². The molecule has 2 nitrogen and oxygen atoms in total. The van der Waals surface area contributed by atoms with Gasteiger partial charge in [0, 0.05) is 8.04 Å². The fraction of sp³-hybridized carbons (Fsp3) is 0.0769. The molecule has 0 amide bonds. The Hall–Kier alpha value is -0.570. The molecule has 1 atom stereocenters. The predicted molar refractivity (Wildman–Crippen MR) is 82.4 cm³/mol. The first kappa shape index (κ1) is 14.8. The second kappa shape index (κ2) is 6.25. The van der Waals surface area contributed by atoms with Crippen LogP contribution in [0.3, 0.4) is 0 Å². The zero-order valence-electron chi connectivity index (χ0n) is 9.63. The number of rotatable bonds is 3. The summed E-state index contributed by atoms with van der Waals surface area (Å²) in [5, 5.41) is 0. The maximum Gasteiger partial charge on any atom is 0.159 e. The topological polar surface area (TPSA) is 38.0 Å². The Labute approximate surface area is 131 Å². The Morgan fingerprint density at radius 2 is 1.84 bits per heavy atom. The smallest absolute Gasteiger partial charge is 0.159 e. The van der Waals surface area contributed by atoms with E-state index in [1.54, 1.807) is 0 Å². The molecule has 2 aromatic rings. The van der Waals surface area contributed by atoms with Crippen molar-refractivity contribution in [2.75, 3.05) is 0 Å². The summed E-state index contributed by atoms with van der Waals surface area (Å²) in [6, 6.07) is 9.08. The molecule has 2 aromatic carbocycles. The third-order valence-electron chi connectivity index (χ3n) is 2.71. The largest absolute Gasteiger partial charge is 0.271 e. The van der Waals surface area contributed by atoms with Crippen LogP contribution in [0.2, 0.25) is 0 Å². The molecule has 100 valence electrons. The predicted octanol–water partition coefficient (Wildman–Crippen LogP) is 3.88. The van der Waals surface area contributed by atoms with Crippen molar-refractivity contribution in [3.05, 3.63) is 67.2 Å². The van der Waals surface area contributed by atoms with Crippen molar-refractivity contribution in [3.63, 3.8) is 0 Å². The van der Waals surface area contributed by atoms with Crippen LogP contribution in [0.4, 0.5) is 8.78 Å². The lowest BCUT2D eigenvalue weighted by molar-refractivity contribution is 0.504. The van der Waals surface area contributed by atoms with Gasteiger partial charge in [-0.2, -0.15) is 0 Å². The second-order valence-corrected chi connectivity index (χ2v) is 6.02. The molecular weight excluding hydrogens is 429 g/mol. The van der Waals surface area contributed by atoms with Crippen molar-refractivity contribution in [2.45, 2.75) is 6.04 Å². The first-order chi connectivity index (χ1) is 9.02.